The average molecular weight is 400 g/mol. The number of anilines is 2. The van der Waals surface area contributed by atoms with Gasteiger partial charge >= 0.3 is 0 Å². The third-order valence-corrected chi connectivity index (χ3v) is 4.34. The van der Waals surface area contributed by atoms with Crippen molar-refractivity contribution in [1.82, 2.24) is 19.7 Å². The standard InChI is InChI=1S/C19H12Cl2FN5/c20-13-1-6-16(21)18(9-13)27-11-12(10-24-27)17-7-8-23-19(26-17)25-15-4-2-14(22)3-5-15/h1-11H,(H,23,25,26). The summed E-state index contributed by atoms with van der Waals surface area (Å²) in [6, 6.07) is 12.9. The first-order valence-corrected chi connectivity index (χ1v) is 8.70. The van der Waals surface area contributed by atoms with Crippen molar-refractivity contribution in [2.24, 2.45) is 0 Å². The molecule has 2 aromatic heterocycles. The van der Waals surface area contributed by atoms with Crippen LogP contribution in [0, 0.1) is 5.82 Å². The lowest BCUT2D eigenvalue weighted by Crippen LogP contribution is -1.98. The molecule has 4 aromatic rings. The van der Waals surface area contributed by atoms with Crippen molar-refractivity contribution in [3.05, 3.63) is 83.0 Å². The molecule has 0 saturated carbocycles. The minimum atomic E-state index is -0.303. The zero-order valence-electron chi connectivity index (χ0n) is 13.8. The van der Waals surface area contributed by atoms with Gasteiger partial charge in [-0.25, -0.2) is 19.0 Å². The largest absolute Gasteiger partial charge is 0.324 e. The fourth-order valence-electron chi connectivity index (χ4n) is 2.49. The molecule has 27 heavy (non-hydrogen) atoms. The quantitative estimate of drug-likeness (QED) is 0.490. The van der Waals surface area contributed by atoms with Crippen LogP contribution in [0.2, 0.25) is 10.0 Å². The predicted octanol–water partition coefficient (Wildman–Crippen LogP) is 5.52. The van der Waals surface area contributed by atoms with E-state index in [1.165, 1.54) is 12.1 Å². The van der Waals surface area contributed by atoms with E-state index >= 15 is 0 Å². The molecule has 0 aliphatic rings. The van der Waals surface area contributed by atoms with Crippen molar-refractivity contribution < 1.29 is 4.39 Å². The van der Waals surface area contributed by atoms with E-state index in [0.29, 0.717) is 33.1 Å². The fourth-order valence-corrected chi connectivity index (χ4v) is 2.86. The molecule has 0 unspecified atom stereocenters. The molecule has 0 amide bonds. The topological polar surface area (TPSA) is 55.6 Å². The molecule has 2 aromatic carbocycles. The molecule has 134 valence electrons. The zero-order valence-corrected chi connectivity index (χ0v) is 15.3. The molecule has 5 nitrogen and oxygen atoms in total. The molecule has 0 aliphatic heterocycles. The molecule has 2 heterocycles. The number of nitrogens with one attached hydrogen (secondary N) is 1. The van der Waals surface area contributed by atoms with Gasteiger partial charge in [0.2, 0.25) is 5.95 Å². The maximum atomic E-state index is 13.0. The third-order valence-electron chi connectivity index (χ3n) is 3.79. The van der Waals surface area contributed by atoms with Crippen LogP contribution in [-0.4, -0.2) is 19.7 Å². The van der Waals surface area contributed by atoms with Gasteiger partial charge in [0.25, 0.3) is 0 Å². The number of nitrogens with zero attached hydrogens (tertiary/aromatic N) is 4. The Labute approximate surface area is 164 Å². The van der Waals surface area contributed by atoms with Gasteiger partial charge in [0.1, 0.15) is 5.82 Å². The molecule has 0 aliphatic carbocycles. The number of hydrogen-bond donors (Lipinski definition) is 1. The number of hydrogen-bond acceptors (Lipinski definition) is 4. The van der Waals surface area contributed by atoms with E-state index in [0.717, 1.165) is 5.56 Å². The Bertz CT molecular complexity index is 1100. The average Bonchev–Trinajstić information content (AvgIpc) is 3.16. The van der Waals surface area contributed by atoms with Gasteiger partial charge in [-0.1, -0.05) is 23.2 Å². The monoisotopic (exact) mass is 399 g/mol. The molecule has 0 atom stereocenters. The van der Waals surface area contributed by atoms with Crippen molar-refractivity contribution in [2.45, 2.75) is 0 Å². The lowest BCUT2D eigenvalue weighted by Gasteiger charge is -2.06. The Morgan fingerprint density at radius 1 is 1.00 bits per heavy atom. The third kappa shape index (κ3) is 3.92. The van der Waals surface area contributed by atoms with Crippen LogP contribution in [0.3, 0.4) is 0 Å². The van der Waals surface area contributed by atoms with Crippen LogP contribution in [0.15, 0.2) is 67.1 Å². The summed E-state index contributed by atoms with van der Waals surface area (Å²) in [5.41, 5.74) is 2.83. The van der Waals surface area contributed by atoms with Gasteiger partial charge in [0, 0.05) is 28.7 Å². The van der Waals surface area contributed by atoms with Crippen molar-refractivity contribution in [1.29, 1.82) is 0 Å². The molecular formula is C19H12Cl2FN5. The predicted molar refractivity (Wildman–Crippen MR) is 104 cm³/mol. The van der Waals surface area contributed by atoms with Gasteiger partial charge in [0.05, 0.1) is 22.6 Å². The van der Waals surface area contributed by atoms with Gasteiger partial charge in [-0.2, -0.15) is 5.10 Å². The number of halogens is 3. The second-order valence-electron chi connectivity index (χ2n) is 5.67. The number of rotatable bonds is 4. The highest BCUT2D eigenvalue weighted by molar-refractivity contribution is 6.34. The summed E-state index contributed by atoms with van der Waals surface area (Å²) >= 11 is 12.3. The lowest BCUT2D eigenvalue weighted by atomic mass is 10.2. The van der Waals surface area contributed by atoms with Crippen molar-refractivity contribution in [2.75, 3.05) is 5.32 Å². The van der Waals surface area contributed by atoms with E-state index in [4.69, 9.17) is 23.2 Å². The Balaban J connectivity index is 1.62. The molecule has 0 spiro atoms. The summed E-state index contributed by atoms with van der Waals surface area (Å²) in [7, 11) is 0. The normalized spacial score (nSPS) is 10.8. The van der Waals surface area contributed by atoms with Crippen molar-refractivity contribution in [3.63, 3.8) is 0 Å². The number of benzene rings is 2. The van der Waals surface area contributed by atoms with Gasteiger partial charge in [-0.15, -0.1) is 0 Å². The van der Waals surface area contributed by atoms with Gasteiger partial charge < -0.3 is 5.32 Å². The Hall–Kier alpha value is -2.96. The summed E-state index contributed by atoms with van der Waals surface area (Å²) in [5, 5.41) is 8.49. The summed E-state index contributed by atoms with van der Waals surface area (Å²) in [6.07, 6.45) is 5.13. The molecule has 0 bridgehead atoms. The maximum Gasteiger partial charge on any atom is 0.227 e. The maximum absolute atomic E-state index is 13.0. The SMILES string of the molecule is Fc1ccc(Nc2nccc(-c3cnn(-c4cc(Cl)ccc4Cl)c3)n2)cc1. The van der Waals surface area contributed by atoms with Crippen molar-refractivity contribution in [3.8, 4) is 16.9 Å². The molecule has 1 N–H and O–H groups in total. The first kappa shape index (κ1) is 17.5. The Morgan fingerprint density at radius 3 is 2.63 bits per heavy atom. The van der Waals surface area contributed by atoms with E-state index in [2.05, 4.69) is 20.4 Å². The van der Waals surface area contributed by atoms with Gasteiger partial charge in [-0.05, 0) is 48.5 Å². The van der Waals surface area contributed by atoms with E-state index in [1.807, 2.05) is 6.20 Å². The summed E-state index contributed by atoms with van der Waals surface area (Å²) in [4.78, 5) is 8.67. The van der Waals surface area contributed by atoms with E-state index in [9.17, 15) is 4.39 Å². The minimum Gasteiger partial charge on any atom is -0.324 e. The van der Waals surface area contributed by atoms with E-state index in [-0.39, 0.29) is 5.82 Å². The smallest absolute Gasteiger partial charge is 0.227 e. The molecule has 0 saturated heterocycles. The second-order valence-corrected chi connectivity index (χ2v) is 6.51. The summed E-state index contributed by atoms with van der Waals surface area (Å²) in [5.74, 6) is 0.0926. The number of aromatic nitrogens is 4. The summed E-state index contributed by atoms with van der Waals surface area (Å²) < 4.78 is 14.7. The van der Waals surface area contributed by atoms with Gasteiger partial charge in [0.15, 0.2) is 0 Å². The van der Waals surface area contributed by atoms with Crippen LogP contribution in [-0.2, 0) is 0 Å². The molecule has 8 heteroatoms. The van der Waals surface area contributed by atoms with E-state index in [1.54, 1.807) is 53.5 Å². The van der Waals surface area contributed by atoms with Crippen LogP contribution >= 0.6 is 23.2 Å². The van der Waals surface area contributed by atoms with Crippen molar-refractivity contribution >= 4 is 34.8 Å². The second kappa shape index (κ2) is 7.34. The highest BCUT2D eigenvalue weighted by Crippen LogP contribution is 2.26. The van der Waals surface area contributed by atoms with Crippen LogP contribution in [0.4, 0.5) is 16.0 Å². The first-order valence-electron chi connectivity index (χ1n) is 7.94. The summed E-state index contributed by atoms with van der Waals surface area (Å²) in [6.45, 7) is 0. The molecule has 0 radical (unpaired) electrons. The van der Waals surface area contributed by atoms with Crippen LogP contribution < -0.4 is 5.32 Å². The first-order chi connectivity index (χ1) is 13.1. The van der Waals surface area contributed by atoms with Crippen LogP contribution in [0.25, 0.3) is 16.9 Å². The fraction of sp³-hybridized carbons (Fsp3) is 0. The lowest BCUT2D eigenvalue weighted by molar-refractivity contribution is 0.628. The zero-order chi connectivity index (χ0) is 18.8. The molecule has 4 rings (SSSR count). The van der Waals surface area contributed by atoms with E-state index < -0.39 is 0 Å². The van der Waals surface area contributed by atoms with Crippen LogP contribution in [0.5, 0.6) is 0 Å². The highest BCUT2D eigenvalue weighted by atomic mass is 35.5. The van der Waals surface area contributed by atoms with Crippen LogP contribution in [0.1, 0.15) is 0 Å². The molecular weight excluding hydrogens is 388 g/mol. The van der Waals surface area contributed by atoms with Gasteiger partial charge in [-0.3, -0.25) is 0 Å². The Kier molecular flexibility index (Phi) is 4.75. The minimum absolute atomic E-state index is 0.303. The molecule has 0 fully saturated rings. The Morgan fingerprint density at radius 2 is 1.81 bits per heavy atom. The highest BCUT2D eigenvalue weighted by Gasteiger charge is 2.09.